The second kappa shape index (κ2) is 8.66. The van der Waals surface area contributed by atoms with E-state index < -0.39 is 68.7 Å². The number of carbonyl (C=O) groups is 2. The third kappa shape index (κ3) is 3.76. The largest absolute Gasteiger partial charge is 0.390 e. The van der Waals surface area contributed by atoms with Crippen molar-refractivity contribution >= 4 is 21.7 Å². The molecule has 0 heterocycles. The number of alkyl halides is 1. The summed E-state index contributed by atoms with van der Waals surface area (Å²) in [6.07, 6.45) is 0.854. The molecule has 4 rings (SSSR count). The number of allylic oxidation sites excluding steroid dienone is 1. The highest BCUT2D eigenvalue weighted by atomic mass is 32.2. The van der Waals surface area contributed by atoms with E-state index in [1.54, 1.807) is 13.8 Å². The zero-order chi connectivity index (χ0) is 26.0. The van der Waals surface area contributed by atoms with Gasteiger partial charge in [-0.1, -0.05) is 19.4 Å². The van der Waals surface area contributed by atoms with Crippen molar-refractivity contribution in [2.45, 2.75) is 75.9 Å². The molecule has 4 aliphatic carbocycles. The highest BCUT2D eigenvalue weighted by molar-refractivity contribution is 7.85. The summed E-state index contributed by atoms with van der Waals surface area (Å²) < 4.78 is 50.2. The van der Waals surface area contributed by atoms with Gasteiger partial charge in [-0.3, -0.25) is 13.8 Å². The van der Waals surface area contributed by atoms with Crippen molar-refractivity contribution in [2.24, 2.45) is 22.7 Å². The highest BCUT2D eigenvalue weighted by Crippen LogP contribution is 2.70. The van der Waals surface area contributed by atoms with E-state index in [1.165, 1.54) is 6.08 Å². The van der Waals surface area contributed by atoms with Gasteiger partial charge in [-0.25, -0.2) is 4.39 Å². The number of hydrogen-bond acceptors (Lipinski definition) is 9. The van der Waals surface area contributed by atoms with Crippen LogP contribution in [0.1, 0.15) is 52.4 Å². The van der Waals surface area contributed by atoms with Crippen LogP contribution in [-0.2, 0) is 28.6 Å². The van der Waals surface area contributed by atoms with Crippen LogP contribution in [0.15, 0.2) is 11.6 Å². The lowest BCUT2D eigenvalue weighted by molar-refractivity contribution is -0.232. The van der Waals surface area contributed by atoms with Gasteiger partial charge in [-0.15, -0.1) is 0 Å². The molecule has 0 bridgehead atoms. The van der Waals surface area contributed by atoms with Crippen molar-refractivity contribution in [3.63, 3.8) is 0 Å². The normalized spacial score (nSPS) is 45.3. The van der Waals surface area contributed by atoms with Gasteiger partial charge in [0.2, 0.25) is 0 Å². The van der Waals surface area contributed by atoms with E-state index in [1.807, 2.05) is 0 Å². The third-order valence-corrected chi connectivity index (χ3v) is 10.1. The van der Waals surface area contributed by atoms with Gasteiger partial charge in [0.05, 0.1) is 31.7 Å². The van der Waals surface area contributed by atoms with Crippen molar-refractivity contribution in [1.29, 1.82) is 0 Å². The van der Waals surface area contributed by atoms with Crippen molar-refractivity contribution in [3.05, 3.63) is 11.6 Å². The van der Waals surface area contributed by atoms with Crippen LogP contribution in [0, 0.1) is 22.7 Å². The van der Waals surface area contributed by atoms with Crippen LogP contribution < -0.4 is 0 Å². The minimum atomic E-state index is -3.72. The van der Waals surface area contributed by atoms with Gasteiger partial charge in [0.25, 0.3) is 10.1 Å². The Bertz CT molecular complexity index is 1040. The number of aliphatic hydroxyl groups is 3. The molecule has 0 aromatic heterocycles. The zero-order valence-corrected chi connectivity index (χ0v) is 21.1. The van der Waals surface area contributed by atoms with Crippen molar-refractivity contribution in [1.82, 2.24) is 0 Å². The Labute approximate surface area is 204 Å². The van der Waals surface area contributed by atoms with Gasteiger partial charge < -0.3 is 20.1 Å². The average Bonchev–Trinajstić information content (AvgIpc) is 2.99. The molecule has 0 aromatic carbocycles. The van der Waals surface area contributed by atoms with Gasteiger partial charge in [-0.05, 0) is 44.1 Å². The van der Waals surface area contributed by atoms with Crippen LogP contribution in [0.3, 0.4) is 0 Å². The summed E-state index contributed by atoms with van der Waals surface area (Å²) >= 11 is 0. The monoisotopic (exact) mass is 518 g/mol. The standard InChI is InChI=1S/C24H35FO9S/c1-21-7-6-15(27)10-14(21)4-5-16-17-11-20(33-8-9-34-35(3,31)32)24(30,19(29)13-26)22(17,2)12-18(28)23(16,21)25/h10,16-18,20,26,28,30H,4-9,11-13H2,1-3H3/t16-,17-,18-,20+,21-,22-,23-,24+/m0/s1. The SMILES string of the molecule is C[C@]12CCC(=O)C=C1CC[C@H]1[C@@H]3C[C@@H](OCCOS(C)(=O)=O)[C@](O)(C(=O)CO)[C@@]3(C)C[C@H](O)[C@@]12F. The van der Waals surface area contributed by atoms with Crippen molar-refractivity contribution in [3.8, 4) is 0 Å². The fourth-order valence-electron chi connectivity index (χ4n) is 7.74. The van der Waals surface area contributed by atoms with Crippen LogP contribution in [0.2, 0.25) is 0 Å². The van der Waals surface area contributed by atoms with E-state index in [2.05, 4.69) is 4.18 Å². The Balaban J connectivity index is 1.70. The quantitative estimate of drug-likeness (QED) is 0.329. The number of hydrogen-bond donors (Lipinski definition) is 3. The molecule has 0 aromatic rings. The van der Waals surface area contributed by atoms with E-state index in [0.717, 1.165) is 6.26 Å². The fourth-order valence-corrected chi connectivity index (χ4v) is 8.12. The molecular formula is C24H35FO9S. The molecule has 0 radical (unpaired) electrons. The number of fused-ring (bicyclic) bond motifs is 5. The predicted octanol–water partition coefficient (Wildman–Crippen LogP) is 0.845. The van der Waals surface area contributed by atoms with E-state index in [9.17, 15) is 33.3 Å². The van der Waals surface area contributed by atoms with Crippen LogP contribution in [0.25, 0.3) is 0 Å². The van der Waals surface area contributed by atoms with Gasteiger partial charge in [-0.2, -0.15) is 8.42 Å². The first-order valence-corrected chi connectivity index (χ1v) is 13.9. The molecule has 3 saturated carbocycles. The first-order chi connectivity index (χ1) is 16.1. The molecule has 0 aliphatic heterocycles. The van der Waals surface area contributed by atoms with Crippen LogP contribution in [-0.4, -0.2) is 84.9 Å². The number of halogens is 1. The molecule has 3 N–H and O–H groups in total. The Morgan fingerprint density at radius 3 is 2.54 bits per heavy atom. The molecule has 0 amide bonds. The Kier molecular flexibility index (Phi) is 6.64. The van der Waals surface area contributed by atoms with Crippen LogP contribution >= 0.6 is 0 Å². The first kappa shape index (κ1) is 26.8. The lowest BCUT2D eigenvalue weighted by Gasteiger charge is -2.63. The summed E-state index contributed by atoms with van der Waals surface area (Å²) in [6, 6.07) is 0. The van der Waals surface area contributed by atoms with Gasteiger partial charge in [0.1, 0.15) is 12.3 Å². The maximum atomic E-state index is 17.2. The van der Waals surface area contributed by atoms with E-state index >= 15 is 4.39 Å². The Hall–Kier alpha value is -1.24. The van der Waals surface area contributed by atoms with Crippen molar-refractivity contribution < 1.29 is 46.6 Å². The number of carbonyl (C=O) groups excluding carboxylic acids is 2. The molecule has 0 spiro atoms. The first-order valence-electron chi connectivity index (χ1n) is 12.1. The summed E-state index contributed by atoms with van der Waals surface area (Å²) in [5.74, 6) is -2.22. The molecule has 0 unspecified atom stereocenters. The minimum absolute atomic E-state index is 0.0526. The second-order valence-corrected chi connectivity index (χ2v) is 12.7. The average molecular weight is 519 g/mol. The zero-order valence-electron chi connectivity index (χ0n) is 20.3. The topological polar surface area (TPSA) is 147 Å². The Morgan fingerprint density at radius 2 is 1.91 bits per heavy atom. The lowest BCUT2D eigenvalue weighted by atomic mass is 9.44. The summed E-state index contributed by atoms with van der Waals surface area (Å²) in [5, 5.41) is 32.8. The molecule has 0 saturated heterocycles. The fraction of sp³-hybridized carbons (Fsp3) is 0.833. The molecule has 35 heavy (non-hydrogen) atoms. The maximum Gasteiger partial charge on any atom is 0.264 e. The number of rotatable bonds is 7. The molecule has 8 atom stereocenters. The van der Waals surface area contributed by atoms with Crippen LogP contribution in [0.4, 0.5) is 4.39 Å². The molecule has 11 heteroatoms. The number of aliphatic hydroxyl groups excluding tert-OH is 2. The van der Waals surface area contributed by atoms with E-state index in [0.29, 0.717) is 18.4 Å². The van der Waals surface area contributed by atoms with Crippen LogP contribution in [0.5, 0.6) is 0 Å². The van der Waals surface area contributed by atoms with Gasteiger partial charge in [0.15, 0.2) is 17.2 Å². The number of ether oxygens (including phenoxy) is 1. The summed E-state index contributed by atoms with van der Waals surface area (Å²) in [6.45, 7) is 1.83. The highest BCUT2D eigenvalue weighted by Gasteiger charge is 2.76. The van der Waals surface area contributed by atoms with E-state index in [-0.39, 0.29) is 44.7 Å². The smallest absolute Gasteiger partial charge is 0.264 e. The molecule has 3 fully saturated rings. The number of Topliss-reactive ketones (excluding diaryl/α,β-unsaturated/α-hetero) is 1. The summed E-state index contributed by atoms with van der Waals surface area (Å²) in [7, 11) is -3.72. The maximum absolute atomic E-state index is 17.2. The molecule has 198 valence electrons. The summed E-state index contributed by atoms with van der Waals surface area (Å²) in [4.78, 5) is 25.0. The second-order valence-electron chi connectivity index (χ2n) is 11.1. The Morgan fingerprint density at radius 1 is 1.23 bits per heavy atom. The predicted molar refractivity (Wildman–Crippen MR) is 121 cm³/mol. The number of ketones is 2. The van der Waals surface area contributed by atoms with Crippen molar-refractivity contribution in [2.75, 3.05) is 26.1 Å². The molecular weight excluding hydrogens is 483 g/mol. The lowest BCUT2D eigenvalue weighted by Crippen LogP contribution is -2.70. The molecule has 9 nitrogen and oxygen atoms in total. The third-order valence-electron chi connectivity index (χ3n) is 9.50. The van der Waals surface area contributed by atoms with Gasteiger partial charge in [0, 0.05) is 23.2 Å². The van der Waals surface area contributed by atoms with E-state index in [4.69, 9.17) is 4.74 Å². The van der Waals surface area contributed by atoms with Gasteiger partial charge >= 0.3 is 0 Å². The summed E-state index contributed by atoms with van der Waals surface area (Å²) in [5.41, 5.74) is -5.93. The minimum Gasteiger partial charge on any atom is -0.390 e. The molecule has 4 aliphatic rings.